The molecular formula is C11H15NO2S. The van der Waals surface area contributed by atoms with Crippen LogP contribution >= 0.6 is 11.3 Å². The molecule has 1 aromatic rings. The van der Waals surface area contributed by atoms with Crippen LogP contribution in [-0.2, 0) is 16.0 Å². The zero-order valence-corrected chi connectivity index (χ0v) is 9.33. The van der Waals surface area contributed by atoms with E-state index in [-0.39, 0.29) is 18.0 Å². The maximum atomic E-state index is 11.8. The fraction of sp³-hybridized carbons (Fsp3) is 0.545. The summed E-state index contributed by atoms with van der Waals surface area (Å²) in [4.78, 5) is 12.9. The van der Waals surface area contributed by atoms with Crippen molar-refractivity contribution in [2.24, 2.45) is 5.73 Å². The third-order valence-corrected chi connectivity index (χ3v) is 3.53. The number of carbonyl (C=O) groups is 1. The molecule has 82 valence electrons. The molecule has 2 unspecified atom stereocenters. The van der Waals surface area contributed by atoms with E-state index in [1.54, 1.807) is 11.3 Å². The molecule has 4 heteroatoms. The van der Waals surface area contributed by atoms with Crippen LogP contribution in [-0.4, -0.2) is 24.5 Å². The van der Waals surface area contributed by atoms with E-state index in [4.69, 9.17) is 10.5 Å². The maximum Gasteiger partial charge on any atom is 0.166 e. The van der Waals surface area contributed by atoms with Gasteiger partial charge < -0.3 is 10.5 Å². The van der Waals surface area contributed by atoms with Gasteiger partial charge in [-0.3, -0.25) is 4.79 Å². The van der Waals surface area contributed by atoms with Gasteiger partial charge in [0.25, 0.3) is 0 Å². The van der Waals surface area contributed by atoms with Crippen LogP contribution in [0.4, 0.5) is 0 Å². The Morgan fingerprint density at radius 1 is 1.60 bits per heavy atom. The molecular weight excluding hydrogens is 210 g/mol. The van der Waals surface area contributed by atoms with Crippen LogP contribution < -0.4 is 5.73 Å². The van der Waals surface area contributed by atoms with Gasteiger partial charge in [0.2, 0.25) is 0 Å². The van der Waals surface area contributed by atoms with Gasteiger partial charge in [-0.2, -0.15) is 0 Å². The number of thiophene rings is 1. The summed E-state index contributed by atoms with van der Waals surface area (Å²) < 4.78 is 5.55. The molecule has 0 aliphatic carbocycles. The molecule has 0 bridgehead atoms. The molecule has 1 saturated heterocycles. The van der Waals surface area contributed by atoms with Crippen molar-refractivity contribution in [1.29, 1.82) is 0 Å². The molecule has 1 fully saturated rings. The fourth-order valence-electron chi connectivity index (χ4n) is 1.81. The smallest absolute Gasteiger partial charge is 0.166 e. The number of hydrogen-bond acceptors (Lipinski definition) is 4. The molecule has 1 aromatic heterocycles. The second kappa shape index (κ2) is 4.88. The summed E-state index contributed by atoms with van der Waals surface area (Å²) in [6.07, 6.45) is 2.10. The largest absolute Gasteiger partial charge is 0.366 e. The highest BCUT2D eigenvalue weighted by Gasteiger charge is 2.29. The zero-order valence-electron chi connectivity index (χ0n) is 8.52. The summed E-state index contributed by atoms with van der Waals surface area (Å²) in [5.41, 5.74) is 5.50. The van der Waals surface area contributed by atoms with E-state index < -0.39 is 0 Å². The van der Waals surface area contributed by atoms with Crippen LogP contribution in [0.3, 0.4) is 0 Å². The summed E-state index contributed by atoms with van der Waals surface area (Å²) in [5, 5.41) is 1.99. The highest BCUT2D eigenvalue weighted by molar-refractivity contribution is 7.10. The average molecular weight is 225 g/mol. The average Bonchev–Trinajstić information content (AvgIpc) is 2.86. The molecule has 0 amide bonds. The first-order valence-electron chi connectivity index (χ1n) is 5.20. The van der Waals surface area contributed by atoms with Gasteiger partial charge in [0.05, 0.1) is 6.10 Å². The second-order valence-electron chi connectivity index (χ2n) is 3.78. The quantitative estimate of drug-likeness (QED) is 0.842. The van der Waals surface area contributed by atoms with E-state index in [9.17, 15) is 4.79 Å². The lowest BCUT2D eigenvalue weighted by atomic mass is 10.1. The topological polar surface area (TPSA) is 52.3 Å². The molecule has 1 aliphatic heterocycles. The van der Waals surface area contributed by atoms with Crippen LogP contribution in [0, 0.1) is 0 Å². The molecule has 0 aromatic carbocycles. The number of carbonyl (C=O) groups excluding carboxylic acids is 1. The molecule has 0 spiro atoms. The molecule has 1 aliphatic rings. The van der Waals surface area contributed by atoms with Crippen molar-refractivity contribution in [1.82, 2.24) is 0 Å². The van der Waals surface area contributed by atoms with Crippen molar-refractivity contribution in [2.45, 2.75) is 31.5 Å². The van der Waals surface area contributed by atoms with Gasteiger partial charge in [0, 0.05) is 17.8 Å². The van der Waals surface area contributed by atoms with Crippen molar-refractivity contribution in [3.05, 3.63) is 22.4 Å². The maximum absolute atomic E-state index is 11.8. The number of hydrogen-bond donors (Lipinski definition) is 1. The Balaban J connectivity index is 1.87. The van der Waals surface area contributed by atoms with Crippen LogP contribution in [0.1, 0.15) is 17.7 Å². The molecule has 0 saturated carbocycles. The highest BCUT2D eigenvalue weighted by Crippen LogP contribution is 2.21. The SMILES string of the molecule is NCC1CCC(C(=O)Cc2cccs2)O1. The van der Waals surface area contributed by atoms with Crippen molar-refractivity contribution >= 4 is 17.1 Å². The molecule has 2 N–H and O–H groups in total. The van der Waals surface area contributed by atoms with E-state index in [1.807, 2.05) is 17.5 Å². The van der Waals surface area contributed by atoms with E-state index in [0.29, 0.717) is 13.0 Å². The number of Topliss-reactive ketones (excluding diaryl/α,β-unsaturated/α-hetero) is 1. The zero-order chi connectivity index (χ0) is 10.7. The Morgan fingerprint density at radius 3 is 3.07 bits per heavy atom. The van der Waals surface area contributed by atoms with Gasteiger partial charge >= 0.3 is 0 Å². The Morgan fingerprint density at radius 2 is 2.47 bits per heavy atom. The first-order chi connectivity index (χ1) is 7.29. The number of nitrogens with two attached hydrogens (primary N) is 1. The Kier molecular flexibility index (Phi) is 3.51. The van der Waals surface area contributed by atoms with Crippen molar-refractivity contribution in [2.75, 3.05) is 6.54 Å². The first kappa shape index (κ1) is 10.8. The van der Waals surface area contributed by atoms with E-state index in [1.165, 1.54) is 0 Å². The third-order valence-electron chi connectivity index (χ3n) is 2.66. The first-order valence-corrected chi connectivity index (χ1v) is 6.08. The number of rotatable bonds is 4. The molecule has 0 radical (unpaired) electrons. The van der Waals surface area contributed by atoms with Gasteiger partial charge in [-0.05, 0) is 24.3 Å². The highest BCUT2D eigenvalue weighted by atomic mass is 32.1. The lowest BCUT2D eigenvalue weighted by Gasteiger charge is -2.10. The van der Waals surface area contributed by atoms with Crippen LogP contribution in [0.2, 0.25) is 0 Å². The van der Waals surface area contributed by atoms with Crippen LogP contribution in [0.15, 0.2) is 17.5 Å². The fourth-order valence-corrected chi connectivity index (χ4v) is 2.53. The minimum absolute atomic E-state index is 0.0854. The summed E-state index contributed by atoms with van der Waals surface area (Å²) >= 11 is 1.62. The predicted octanol–water partition coefficient (Wildman–Crippen LogP) is 1.37. The molecule has 3 nitrogen and oxygen atoms in total. The summed E-state index contributed by atoms with van der Waals surface area (Å²) in [6.45, 7) is 0.517. The van der Waals surface area contributed by atoms with E-state index in [0.717, 1.165) is 17.7 Å². The summed E-state index contributed by atoms with van der Waals surface area (Å²) in [6, 6.07) is 3.95. The van der Waals surface area contributed by atoms with E-state index in [2.05, 4.69) is 0 Å². The van der Waals surface area contributed by atoms with Gasteiger partial charge in [-0.1, -0.05) is 6.07 Å². The van der Waals surface area contributed by atoms with Crippen LogP contribution in [0.5, 0.6) is 0 Å². The molecule has 2 rings (SSSR count). The monoisotopic (exact) mass is 225 g/mol. The third kappa shape index (κ3) is 2.65. The van der Waals surface area contributed by atoms with E-state index >= 15 is 0 Å². The van der Waals surface area contributed by atoms with Crippen molar-refractivity contribution < 1.29 is 9.53 Å². The second-order valence-corrected chi connectivity index (χ2v) is 4.81. The molecule has 2 atom stereocenters. The minimum Gasteiger partial charge on any atom is -0.366 e. The van der Waals surface area contributed by atoms with Gasteiger partial charge in [0.1, 0.15) is 6.10 Å². The molecule has 2 heterocycles. The lowest BCUT2D eigenvalue weighted by molar-refractivity contribution is -0.128. The lowest BCUT2D eigenvalue weighted by Crippen LogP contribution is -2.26. The normalized spacial score (nSPS) is 25.7. The standard InChI is InChI=1S/C11H15NO2S/c12-7-8-3-4-11(14-8)10(13)6-9-2-1-5-15-9/h1-2,5,8,11H,3-4,6-7,12H2. The Labute approximate surface area is 93.2 Å². The van der Waals surface area contributed by atoms with Gasteiger partial charge in [-0.25, -0.2) is 0 Å². The minimum atomic E-state index is -0.222. The van der Waals surface area contributed by atoms with Gasteiger partial charge in [-0.15, -0.1) is 11.3 Å². The summed E-state index contributed by atoms with van der Waals surface area (Å²) in [7, 11) is 0. The van der Waals surface area contributed by atoms with Crippen molar-refractivity contribution in [3.63, 3.8) is 0 Å². The number of ether oxygens (including phenoxy) is 1. The predicted molar refractivity (Wildman–Crippen MR) is 60.0 cm³/mol. The molecule has 15 heavy (non-hydrogen) atoms. The van der Waals surface area contributed by atoms with Crippen molar-refractivity contribution in [3.8, 4) is 0 Å². The van der Waals surface area contributed by atoms with Crippen LogP contribution in [0.25, 0.3) is 0 Å². The summed E-state index contributed by atoms with van der Waals surface area (Å²) in [5.74, 6) is 0.188. The Hall–Kier alpha value is -0.710. The van der Waals surface area contributed by atoms with Gasteiger partial charge in [0.15, 0.2) is 5.78 Å². The Bertz CT molecular complexity index is 323. The number of ketones is 1.